The van der Waals surface area contributed by atoms with Crippen LogP contribution in [0.15, 0.2) is 115 Å². The van der Waals surface area contributed by atoms with E-state index < -0.39 is 10.1 Å². The van der Waals surface area contributed by atoms with Gasteiger partial charge in [0.2, 0.25) is 0 Å². The Labute approximate surface area is 233 Å². The maximum atomic E-state index is 12.3. The topological polar surface area (TPSA) is 59.1 Å². The maximum absolute atomic E-state index is 12.3. The molecule has 39 heavy (non-hydrogen) atoms. The zero-order valence-corrected chi connectivity index (χ0v) is 23.2. The van der Waals surface area contributed by atoms with Gasteiger partial charge in [0.25, 0.3) is 10.1 Å². The molecule has 0 saturated carbocycles. The summed E-state index contributed by atoms with van der Waals surface area (Å²) in [7, 11) is -3.54. The number of fused-ring (bicyclic) bond motifs is 1. The van der Waals surface area contributed by atoms with Crippen molar-refractivity contribution in [2.75, 3.05) is 51.8 Å². The highest BCUT2D eigenvalue weighted by molar-refractivity contribution is 7.86. The van der Waals surface area contributed by atoms with Gasteiger partial charge >= 0.3 is 0 Å². The first-order valence-electron chi connectivity index (χ1n) is 13.5. The van der Waals surface area contributed by atoms with Crippen LogP contribution in [-0.2, 0) is 14.3 Å². The lowest BCUT2D eigenvalue weighted by atomic mass is 10.1. The van der Waals surface area contributed by atoms with Crippen molar-refractivity contribution >= 4 is 20.9 Å². The Hall–Kier alpha value is -3.23. The van der Waals surface area contributed by atoms with E-state index in [2.05, 4.69) is 40.2 Å². The van der Waals surface area contributed by atoms with Crippen LogP contribution in [-0.4, -0.2) is 70.0 Å². The maximum Gasteiger partial charge on any atom is 0.267 e. The normalized spacial score (nSPS) is 22.3. The third kappa shape index (κ3) is 10.5. The summed E-state index contributed by atoms with van der Waals surface area (Å²) < 4.78 is 35.7. The SMILES string of the molecule is O=S(=O)(CCCN1CCN(CC2=C/C=C\C=C/C=C\C=C/C=C\2)C1)OCCCOc1ccc2ccccc2c1. The summed E-state index contributed by atoms with van der Waals surface area (Å²) >= 11 is 0. The van der Waals surface area contributed by atoms with Crippen molar-refractivity contribution in [3.8, 4) is 5.75 Å². The third-order valence-corrected chi connectivity index (χ3v) is 7.77. The van der Waals surface area contributed by atoms with Gasteiger partial charge in [0, 0.05) is 32.6 Å². The van der Waals surface area contributed by atoms with Crippen LogP contribution < -0.4 is 4.74 Å². The molecule has 0 radical (unpaired) electrons. The fourth-order valence-electron chi connectivity index (χ4n) is 4.46. The molecule has 0 aromatic heterocycles. The molecule has 2 aromatic carbocycles. The van der Waals surface area contributed by atoms with Crippen LogP contribution in [0, 0.1) is 0 Å². The summed E-state index contributed by atoms with van der Waals surface area (Å²) in [5.74, 6) is 0.805. The fourth-order valence-corrected chi connectivity index (χ4v) is 5.43. The highest BCUT2D eigenvalue weighted by atomic mass is 32.2. The van der Waals surface area contributed by atoms with Crippen molar-refractivity contribution in [2.45, 2.75) is 12.8 Å². The standard InChI is InChI=1S/C32H38N2O4S/c35-39(36,38-24-13-23-37-32-19-18-30-16-10-11-17-31(30)26-32)25-12-20-33-21-22-34(28-33)27-29-14-8-6-4-2-1-3-5-7-9-15-29/h1-11,14-19,26H,12-13,20-25,27-28H2/b2-1-,3-1?,4-2?,5-3-,6-4-,7-5?,8-6?,9-7-,14-8-,15-9?,29-14?,29-15+. The number of hydrogen-bond donors (Lipinski definition) is 0. The highest BCUT2D eigenvalue weighted by Crippen LogP contribution is 2.20. The van der Waals surface area contributed by atoms with Crippen LogP contribution in [0.25, 0.3) is 10.8 Å². The van der Waals surface area contributed by atoms with Crippen LogP contribution in [0.3, 0.4) is 0 Å². The molecule has 0 atom stereocenters. The van der Waals surface area contributed by atoms with Gasteiger partial charge in [-0.1, -0.05) is 97.2 Å². The molecule has 1 aliphatic heterocycles. The molecule has 206 valence electrons. The summed E-state index contributed by atoms with van der Waals surface area (Å²) in [6, 6.07) is 14.0. The van der Waals surface area contributed by atoms with Crippen LogP contribution in [0.2, 0.25) is 0 Å². The molecule has 0 amide bonds. The van der Waals surface area contributed by atoms with E-state index >= 15 is 0 Å². The van der Waals surface area contributed by atoms with Gasteiger partial charge < -0.3 is 4.74 Å². The monoisotopic (exact) mass is 546 g/mol. The molecule has 2 aliphatic rings. The molecule has 0 N–H and O–H groups in total. The smallest absolute Gasteiger partial charge is 0.267 e. The Balaban J connectivity index is 1.11. The molecule has 0 spiro atoms. The van der Waals surface area contributed by atoms with Crippen molar-refractivity contribution in [3.05, 3.63) is 115 Å². The Morgan fingerprint density at radius 2 is 1.46 bits per heavy atom. The highest BCUT2D eigenvalue weighted by Gasteiger charge is 2.21. The van der Waals surface area contributed by atoms with E-state index in [1.54, 1.807) is 0 Å². The van der Waals surface area contributed by atoms with Gasteiger partial charge in [-0.15, -0.1) is 0 Å². The molecule has 1 saturated heterocycles. The lowest BCUT2D eigenvalue weighted by Gasteiger charge is -2.18. The average Bonchev–Trinajstić information content (AvgIpc) is 3.37. The minimum Gasteiger partial charge on any atom is -0.493 e. The summed E-state index contributed by atoms with van der Waals surface area (Å²) in [6.45, 7) is 4.86. The second kappa shape index (κ2) is 15.4. The predicted molar refractivity (Wildman–Crippen MR) is 160 cm³/mol. The Morgan fingerprint density at radius 3 is 2.28 bits per heavy atom. The van der Waals surface area contributed by atoms with E-state index in [1.165, 1.54) is 5.57 Å². The second-order valence-electron chi connectivity index (χ2n) is 9.60. The molecule has 6 nitrogen and oxygen atoms in total. The van der Waals surface area contributed by atoms with Crippen LogP contribution in [0.1, 0.15) is 12.8 Å². The van der Waals surface area contributed by atoms with Gasteiger partial charge in [0.1, 0.15) is 5.75 Å². The van der Waals surface area contributed by atoms with E-state index in [9.17, 15) is 8.42 Å². The Morgan fingerprint density at radius 1 is 0.744 bits per heavy atom. The van der Waals surface area contributed by atoms with E-state index in [1.807, 2.05) is 78.9 Å². The Bertz CT molecular complexity index is 1360. The molecule has 0 bridgehead atoms. The third-order valence-electron chi connectivity index (χ3n) is 6.46. The summed E-state index contributed by atoms with van der Waals surface area (Å²) in [5, 5.41) is 2.28. The second-order valence-corrected chi connectivity index (χ2v) is 11.4. The van der Waals surface area contributed by atoms with Crippen LogP contribution >= 0.6 is 0 Å². The van der Waals surface area contributed by atoms with Crippen molar-refractivity contribution in [2.24, 2.45) is 0 Å². The average molecular weight is 547 g/mol. The first-order chi connectivity index (χ1) is 19.1. The molecule has 1 aliphatic carbocycles. The Kier molecular flexibility index (Phi) is 11.3. The summed E-state index contributed by atoms with van der Waals surface area (Å²) in [4.78, 5) is 4.69. The lowest BCUT2D eigenvalue weighted by molar-refractivity contribution is 0.247. The van der Waals surface area contributed by atoms with Gasteiger partial charge in [-0.2, -0.15) is 8.42 Å². The van der Waals surface area contributed by atoms with Crippen molar-refractivity contribution in [1.29, 1.82) is 0 Å². The van der Waals surface area contributed by atoms with Crippen molar-refractivity contribution in [1.82, 2.24) is 9.80 Å². The van der Waals surface area contributed by atoms with Gasteiger partial charge in [0.15, 0.2) is 0 Å². The molecular formula is C32H38N2O4S. The molecule has 1 fully saturated rings. The van der Waals surface area contributed by atoms with E-state index in [4.69, 9.17) is 8.92 Å². The number of allylic oxidation sites excluding steroid dienone is 10. The quantitative estimate of drug-likeness (QED) is 0.254. The van der Waals surface area contributed by atoms with Crippen LogP contribution in [0.4, 0.5) is 0 Å². The summed E-state index contributed by atoms with van der Waals surface area (Å²) in [6.07, 6.45) is 23.6. The van der Waals surface area contributed by atoms with Gasteiger partial charge in [0.05, 0.1) is 25.6 Å². The fraction of sp³-hybridized carbons (Fsp3) is 0.312. The lowest BCUT2D eigenvalue weighted by Crippen LogP contribution is -2.28. The van der Waals surface area contributed by atoms with Crippen molar-refractivity contribution in [3.63, 3.8) is 0 Å². The molecular weight excluding hydrogens is 508 g/mol. The minimum atomic E-state index is -3.54. The number of hydrogen-bond acceptors (Lipinski definition) is 6. The van der Waals surface area contributed by atoms with E-state index in [0.29, 0.717) is 19.4 Å². The molecule has 4 rings (SSSR count). The molecule has 7 heteroatoms. The zero-order valence-electron chi connectivity index (χ0n) is 22.4. The zero-order chi connectivity index (χ0) is 27.2. The summed E-state index contributed by atoms with van der Waals surface area (Å²) in [5.41, 5.74) is 1.23. The minimum absolute atomic E-state index is 0.0298. The first-order valence-corrected chi connectivity index (χ1v) is 15.1. The van der Waals surface area contributed by atoms with Gasteiger partial charge in [-0.25, -0.2) is 0 Å². The number of nitrogens with zero attached hydrogens (tertiary/aromatic N) is 2. The van der Waals surface area contributed by atoms with E-state index in [-0.39, 0.29) is 12.4 Å². The molecule has 2 aromatic rings. The number of ether oxygens (including phenoxy) is 1. The van der Waals surface area contributed by atoms with Crippen molar-refractivity contribution < 1.29 is 17.3 Å². The van der Waals surface area contributed by atoms with E-state index in [0.717, 1.165) is 49.4 Å². The number of benzene rings is 2. The van der Waals surface area contributed by atoms with Crippen LogP contribution in [0.5, 0.6) is 5.75 Å². The molecule has 1 heterocycles. The first kappa shape index (κ1) is 28.8. The number of rotatable bonds is 12. The van der Waals surface area contributed by atoms with Gasteiger partial charge in [-0.05, 0) is 34.9 Å². The predicted octanol–water partition coefficient (Wildman–Crippen LogP) is 5.64. The molecule has 0 unspecified atom stereocenters. The largest absolute Gasteiger partial charge is 0.493 e. The van der Waals surface area contributed by atoms with Gasteiger partial charge in [-0.3, -0.25) is 14.0 Å².